The molecule has 0 aliphatic heterocycles. The maximum atomic E-state index is 8.59. The second-order valence-corrected chi connectivity index (χ2v) is 2.74. The van der Waals surface area contributed by atoms with Crippen LogP contribution in [0.1, 0.15) is 5.56 Å². The molecule has 1 aromatic rings. The molecule has 1 rings (SSSR count). The molecule has 0 aliphatic carbocycles. The predicted octanol–water partition coefficient (Wildman–Crippen LogP) is 1.35. The third-order valence-corrected chi connectivity index (χ3v) is 1.90. The molecule has 74 valence electrons. The first-order chi connectivity index (χ1) is 6.72. The number of anilines is 1. The Labute approximate surface area is 82.9 Å². The Kier molecular flexibility index (Phi) is 3.19. The fourth-order valence-corrected chi connectivity index (χ4v) is 1.21. The summed E-state index contributed by atoms with van der Waals surface area (Å²) in [5, 5.41) is 8.59. The summed E-state index contributed by atoms with van der Waals surface area (Å²) >= 11 is 0. The molecule has 0 saturated heterocycles. The summed E-state index contributed by atoms with van der Waals surface area (Å²) in [7, 11) is 3.08. The minimum Gasteiger partial charge on any atom is -0.496 e. The van der Waals surface area contributed by atoms with E-state index in [1.165, 1.54) is 7.11 Å². The number of rotatable bonds is 3. The summed E-state index contributed by atoms with van der Waals surface area (Å²) in [6, 6.07) is 5.43. The summed E-state index contributed by atoms with van der Waals surface area (Å²) < 4.78 is 10.1. The Morgan fingerprint density at radius 3 is 2.43 bits per heavy atom. The summed E-state index contributed by atoms with van der Waals surface area (Å²) in [5.41, 5.74) is 6.97. The fraction of sp³-hybridized carbons (Fsp3) is 0.300. The van der Waals surface area contributed by atoms with Crippen molar-refractivity contribution in [3.63, 3.8) is 0 Å². The molecule has 0 radical (unpaired) electrons. The first-order valence-corrected chi connectivity index (χ1v) is 4.10. The van der Waals surface area contributed by atoms with Crippen LogP contribution in [0, 0.1) is 11.3 Å². The Morgan fingerprint density at radius 1 is 1.29 bits per heavy atom. The maximum absolute atomic E-state index is 8.59. The van der Waals surface area contributed by atoms with Crippen molar-refractivity contribution in [2.45, 2.75) is 6.42 Å². The van der Waals surface area contributed by atoms with Gasteiger partial charge in [0.1, 0.15) is 11.5 Å². The zero-order chi connectivity index (χ0) is 10.6. The lowest BCUT2D eigenvalue weighted by Gasteiger charge is -2.10. The lowest BCUT2D eigenvalue weighted by Crippen LogP contribution is -1.97. The van der Waals surface area contributed by atoms with Gasteiger partial charge in [-0.3, -0.25) is 0 Å². The molecule has 0 unspecified atom stereocenters. The van der Waals surface area contributed by atoms with Gasteiger partial charge in [0.15, 0.2) is 0 Å². The van der Waals surface area contributed by atoms with Crippen LogP contribution >= 0.6 is 0 Å². The van der Waals surface area contributed by atoms with Crippen molar-refractivity contribution >= 4 is 5.69 Å². The van der Waals surface area contributed by atoms with Gasteiger partial charge in [0.05, 0.1) is 32.4 Å². The van der Waals surface area contributed by atoms with Crippen LogP contribution < -0.4 is 15.2 Å². The average molecular weight is 192 g/mol. The summed E-state index contributed by atoms with van der Waals surface area (Å²) in [6.07, 6.45) is 0.278. The highest BCUT2D eigenvalue weighted by atomic mass is 16.5. The number of hydrogen-bond acceptors (Lipinski definition) is 4. The molecule has 0 amide bonds. The molecule has 0 heterocycles. The number of hydrogen-bond donors (Lipinski definition) is 1. The Hall–Kier alpha value is -1.89. The van der Waals surface area contributed by atoms with Crippen LogP contribution in [0.5, 0.6) is 11.5 Å². The van der Waals surface area contributed by atoms with Crippen LogP contribution in [-0.4, -0.2) is 14.2 Å². The van der Waals surface area contributed by atoms with E-state index in [9.17, 15) is 0 Å². The van der Waals surface area contributed by atoms with Crippen LogP contribution in [0.25, 0.3) is 0 Å². The minimum absolute atomic E-state index is 0.278. The third kappa shape index (κ3) is 1.88. The van der Waals surface area contributed by atoms with Gasteiger partial charge in [0.25, 0.3) is 0 Å². The van der Waals surface area contributed by atoms with Crippen molar-refractivity contribution in [1.29, 1.82) is 5.26 Å². The number of nitriles is 1. The van der Waals surface area contributed by atoms with Gasteiger partial charge in [0.2, 0.25) is 0 Å². The first-order valence-electron chi connectivity index (χ1n) is 4.10. The second-order valence-electron chi connectivity index (χ2n) is 2.74. The van der Waals surface area contributed by atoms with E-state index in [2.05, 4.69) is 6.07 Å². The van der Waals surface area contributed by atoms with E-state index in [-0.39, 0.29) is 6.42 Å². The molecule has 0 atom stereocenters. The van der Waals surface area contributed by atoms with Crippen LogP contribution in [-0.2, 0) is 6.42 Å². The maximum Gasteiger partial charge on any atom is 0.142 e. The van der Waals surface area contributed by atoms with E-state index in [1.54, 1.807) is 19.2 Å². The highest BCUT2D eigenvalue weighted by Gasteiger charge is 2.08. The van der Waals surface area contributed by atoms with Crippen molar-refractivity contribution in [2.75, 3.05) is 20.0 Å². The molecule has 0 aromatic heterocycles. The molecule has 0 saturated carbocycles. The standard InChI is InChI=1S/C10H12N2O2/c1-13-9-6-8(12)10(14-2)5-7(9)3-4-11/h5-6H,3,12H2,1-2H3. The van der Waals surface area contributed by atoms with Gasteiger partial charge in [-0.25, -0.2) is 0 Å². The largest absolute Gasteiger partial charge is 0.496 e. The number of nitrogen functional groups attached to an aromatic ring is 1. The molecule has 4 heteroatoms. The lowest BCUT2D eigenvalue weighted by molar-refractivity contribution is 0.401. The van der Waals surface area contributed by atoms with E-state index in [0.29, 0.717) is 17.2 Å². The first kappa shape index (κ1) is 10.2. The summed E-state index contributed by atoms with van der Waals surface area (Å²) in [5.74, 6) is 1.18. The number of nitrogens with two attached hydrogens (primary N) is 1. The van der Waals surface area contributed by atoms with E-state index >= 15 is 0 Å². The van der Waals surface area contributed by atoms with Crippen LogP contribution in [0.2, 0.25) is 0 Å². The molecular formula is C10H12N2O2. The molecule has 4 nitrogen and oxygen atoms in total. The Morgan fingerprint density at radius 2 is 1.93 bits per heavy atom. The monoisotopic (exact) mass is 192 g/mol. The smallest absolute Gasteiger partial charge is 0.142 e. The van der Waals surface area contributed by atoms with Gasteiger partial charge in [-0.15, -0.1) is 0 Å². The van der Waals surface area contributed by atoms with Gasteiger partial charge in [-0.05, 0) is 6.07 Å². The lowest BCUT2D eigenvalue weighted by atomic mass is 10.1. The van der Waals surface area contributed by atoms with Gasteiger partial charge in [-0.2, -0.15) is 5.26 Å². The van der Waals surface area contributed by atoms with Crippen LogP contribution in [0.4, 0.5) is 5.69 Å². The van der Waals surface area contributed by atoms with Crippen LogP contribution in [0.15, 0.2) is 12.1 Å². The molecule has 1 aromatic carbocycles. The van der Waals surface area contributed by atoms with Gasteiger partial charge in [-0.1, -0.05) is 0 Å². The zero-order valence-electron chi connectivity index (χ0n) is 8.20. The average Bonchev–Trinajstić information content (AvgIpc) is 2.20. The molecular weight excluding hydrogens is 180 g/mol. The normalized spacial score (nSPS) is 9.21. The van der Waals surface area contributed by atoms with Gasteiger partial charge < -0.3 is 15.2 Å². The fourth-order valence-electron chi connectivity index (χ4n) is 1.21. The summed E-state index contributed by atoms with van der Waals surface area (Å²) in [4.78, 5) is 0. The molecule has 14 heavy (non-hydrogen) atoms. The quantitative estimate of drug-likeness (QED) is 0.734. The third-order valence-electron chi connectivity index (χ3n) is 1.90. The number of methoxy groups -OCH3 is 2. The SMILES string of the molecule is COc1cc(CC#N)c(OC)cc1N. The highest BCUT2D eigenvalue weighted by molar-refractivity contribution is 5.59. The molecule has 0 aliphatic rings. The van der Waals surface area contributed by atoms with E-state index in [0.717, 1.165) is 5.56 Å². The van der Waals surface area contributed by atoms with Crippen LogP contribution in [0.3, 0.4) is 0 Å². The van der Waals surface area contributed by atoms with Crippen molar-refractivity contribution in [2.24, 2.45) is 0 Å². The van der Waals surface area contributed by atoms with Gasteiger partial charge in [0, 0.05) is 11.6 Å². The molecule has 0 spiro atoms. The minimum atomic E-state index is 0.278. The Bertz CT molecular complexity index is 369. The molecule has 2 N–H and O–H groups in total. The summed E-state index contributed by atoms with van der Waals surface area (Å²) in [6.45, 7) is 0. The highest BCUT2D eigenvalue weighted by Crippen LogP contribution is 2.30. The topological polar surface area (TPSA) is 68.3 Å². The van der Waals surface area contributed by atoms with E-state index in [1.807, 2.05) is 0 Å². The molecule has 0 fully saturated rings. The van der Waals surface area contributed by atoms with Crippen molar-refractivity contribution < 1.29 is 9.47 Å². The predicted molar refractivity (Wildman–Crippen MR) is 53.3 cm³/mol. The zero-order valence-corrected chi connectivity index (χ0v) is 8.20. The second kappa shape index (κ2) is 4.38. The van der Waals surface area contributed by atoms with Gasteiger partial charge >= 0.3 is 0 Å². The van der Waals surface area contributed by atoms with E-state index < -0.39 is 0 Å². The van der Waals surface area contributed by atoms with Crippen molar-refractivity contribution in [3.05, 3.63) is 17.7 Å². The number of benzene rings is 1. The Balaban J connectivity index is 3.19. The number of nitrogens with zero attached hydrogens (tertiary/aromatic N) is 1. The van der Waals surface area contributed by atoms with E-state index in [4.69, 9.17) is 20.5 Å². The van der Waals surface area contributed by atoms with Crippen molar-refractivity contribution in [1.82, 2.24) is 0 Å². The molecule has 0 bridgehead atoms. The number of ether oxygens (including phenoxy) is 2. The van der Waals surface area contributed by atoms with Crippen molar-refractivity contribution in [3.8, 4) is 17.6 Å².